The first-order valence-electron chi connectivity index (χ1n) is 13.7. The van der Waals surface area contributed by atoms with Gasteiger partial charge in [-0.25, -0.2) is 0 Å². The average molecular weight is 487 g/mol. The predicted molar refractivity (Wildman–Crippen MR) is 130 cm³/mol. The van der Waals surface area contributed by atoms with Crippen molar-refractivity contribution in [3.8, 4) is 0 Å². The van der Waals surface area contributed by atoms with E-state index < -0.39 is 30.7 Å². The summed E-state index contributed by atoms with van der Waals surface area (Å²) in [6.45, 7) is 19.1. The van der Waals surface area contributed by atoms with Crippen LogP contribution in [0.2, 0.25) is 0 Å². The Hall–Kier alpha value is -0.280. The largest absolute Gasteiger partial charge is 0.388 e. The molecule has 0 aromatic carbocycles. The molecule has 3 rings (SSSR count). The van der Waals surface area contributed by atoms with E-state index in [9.17, 15) is 10.2 Å². The number of hydrogen-bond acceptors (Lipinski definition) is 7. The summed E-state index contributed by atoms with van der Waals surface area (Å²) >= 11 is 0. The molecule has 0 spiro atoms. The van der Waals surface area contributed by atoms with Crippen LogP contribution < -0.4 is 0 Å². The lowest BCUT2D eigenvalue weighted by Crippen LogP contribution is -2.61. The highest BCUT2D eigenvalue weighted by atomic mass is 16.7. The minimum Gasteiger partial charge on any atom is -0.388 e. The van der Waals surface area contributed by atoms with Crippen molar-refractivity contribution in [2.24, 2.45) is 29.6 Å². The Balaban J connectivity index is 1.78. The van der Waals surface area contributed by atoms with Gasteiger partial charge in [-0.3, -0.25) is 0 Å². The molecule has 0 aromatic heterocycles. The van der Waals surface area contributed by atoms with E-state index in [1.807, 2.05) is 6.92 Å². The third kappa shape index (κ3) is 5.51. The highest BCUT2D eigenvalue weighted by molar-refractivity contribution is 4.94. The van der Waals surface area contributed by atoms with Crippen LogP contribution >= 0.6 is 0 Å². The second kappa shape index (κ2) is 11.8. The van der Waals surface area contributed by atoms with E-state index in [0.29, 0.717) is 18.3 Å². The van der Waals surface area contributed by atoms with Gasteiger partial charge in [-0.15, -0.1) is 0 Å². The number of rotatable bonds is 7. The summed E-state index contributed by atoms with van der Waals surface area (Å²) in [5.41, 5.74) is 0. The van der Waals surface area contributed by atoms with E-state index in [2.05, 4.69) is 48.5 Å². The van der Waals surface area contributed by atoms with Crippen LogP contribution in [0.25, 0.3) is 0 Å². The maximum Gasteiger partial charge on any atom is 0.163 e. The molecule has 0 radical (unpaired) electrons. The van der Waals surface area contributed by atoms with E-state index in [0.717, 1.165) is 12.8 Å². The first kappa shape index (κ1) is 28.3. The summed E-state index contributed by atoms with van der Waals surface area (Å²) in [5, 5.41) is 21.2. The van der Waals surface area contributed by atoms with Crippen molar-refractivity contribution in [1.82, 2.24) is 0 Å². The van der Waals surface area contributed by atoms with Crippen LogP contribution in [0.4, 0.5) is 0 Å². The van der Waals surface area contributed by atoms with Crippen LogP contribution in [0.5, 0.6) is 0 Å². The summed E-state index contributed by atoms with van der Waals surface area (Å²) in [6.07, 6.45) is -1.74. The number of aliphatic hydroxyl groups excluding tert-OH is 2. The van der Waals surface area contributed by atoms with Crippen molar-refractivity contribution in [2.75, 3.05) is 0 Å². The lowest BCUT2D eigenvalue weighted by Gasteiger charge is -2.50. The van der Waals surface area contributed by atoms with E-state index >= 15 is 0 Å². The van der Waals surface area contributed by atoms with Crippen LogP contribution in [-0.2, 0) is 23.7 Å². The zero-order valence-electron chi connectivity index (χ0n) is 22.7. The quantitative estimate of drug-likeness (QED) is 0.560. The summed E-state index contributed by atoms with van der Waals surface area (Å²) in [6, 6.07) is 0. The van der Waals surface area contributed by atoms with Gasteiger partial charge in [-0.05, 0) is 38.0 Å². The maximum atomic E-state index is 10.8. The fourth-order valence-electron chi connectivity index (χ4n) is 6.18. The van der Waals surface area contributed by atoms with Crippen LogP contribution in [0.1, 0.15) is 81.6 Å². The molecular formula is C27H50O7. The Morgan fingerprint density at radius 1 is 0.529 bits per heavy atom. The van der Waals surface area contributed by atoms with Gasteiger partial charge in [-0.1, -0.05) is 55.4 Å². The molecule has 15 unspecified atom stereocenters. The molecule has 0 amide bonds. The third-order valence-corrected chi connectivity index (χ3v) is 9.06. The maximum absolute atomic E-state index is 10.8. The number of ether oxygens (including phenoxy) is 5. The summed E-state index contributed by atoms with van der Waals surface area (Å²) in [4.78, 5) is 0. The highest BCUT2D eigenvalue weighted by Gasteiger charge is 2.50. The molecule has 0 aliphatic carbocycles. The van der Waals surface area contributed by atoms with Crippen molar-refractivity contribution in [3.05, 3.63) is 0 Å². The van der Waals surface area contributed by atoms with Crippen molar-refractivity contribution in [1.29, 1.82) is 0 Å². The lowest BCUT2D eigenvalue weighted by atomic mass is 9.78. The molecule has 200 valence electrons. The van der Waals surface area contributed by atoms with Crippen LogP contribution in [-0.4, -0.2) is 71.6 Å². The van der Waals surface area contributed by atoms with Gasteiger partial charge in [0, 0.05) is 17.8 Å². The van der Waals surface area contributed by atoms with E-state index in [1.165, 1.54) is 0 Å². The van der Waals surface area contributed by atoms with E-state index in [-0.39, 0.29) is 48.5 Å². The van der Waals surface area contributed by atoms with Gasteiger partial charge in [0.15, 0.2) is 12.6 Å². The SMILES string of the molecule is CCC1OC(OC2C(C)C(CC)OC(OC3C(CC)OC(C)C(O)C3O)C2C)C(C)C(C)C1C. The smallest absolute Gasteiger partial charge is 0.163 e. The highest BCUT2D eigenvalue weighted by Crippen LogP contribution is 2.41. The van der Waals surface area contributed by atoms with Crippen LogP contribution in [0.3, 0.4) is 0 Å². The molecule has 0 aromatic rings. The normalized spacial score (nSPS) is 52.5. The first-order valence-corrected chi connectivity index (χ1v) is 13.7. The fourth-order valence-corrected chi connectivity index (χ4v) is 6.18. The second-order valence-electron chi connectivity index (χ2n) is 11.2. The van der Waals surface area contributed by atoms with Crippen molar-refractivity contribution in [2.45, 2.75) is 143 Å². The van der Waals surface area contributed by atoms with E-state index in [1.54, 1.807) is 6.92 Å². The Morgan fingerprint density at radius 2 is 1.03 bits per heavy atom. The van der Waals surface area contributed by atoms with Gasteiger partial charge in [0.05, 0.1) is 30.5 Å². The Kier molecular flexibility index (Phi) is 9.86. The van der Waals surface area contributed by atoms with Gasteiger partial charge in [0.2, 0.25) is 0 Å². The molecule has 15 atom stereocenters. The minimum atomic E-state index is -1.03. The zero-order valence-corrected chi connectivity index (χ0v) is 22.7. The Morgan fingerprint density at radius 3 is 1.59 bits per heavy atom. The molecule has 3 fully saturated rings. The molecule has 3 saturated heterocycles. The fraction of sp³-hybridized carbons (Fsp3) is 1.00. The molecule has 0 bridgehead atoms. The van der Waals surface area contributed by atoms with Crippen molar-refractivity contribution < 1.29 is 33.9 Å². The van der Waals surface area contributed by atoms with Gasteiger partial charge >= 0.3 is 0 Å². The van der Waals surface area contributed by atoms with Gasteiger partial charge in [0.1, 0.15) is 18.3 Å². The Labute approximate surface area is 206 Å². The van der Waals surface area contributed by atoms with Crippen molar-refractivity contribution in [3.63, 3.8) is 0 Å². The number of hydrogen-bond donors (Lipinski definition) is 2. The lowest BCUT2D eigenvalue weighted by molar-refractivity contribution is -0.344. The molecule has 7 nitrogen and oxygen atoms in total. The van der Waals surface area contributed by atoms with Gasteiger partial charge < -0.3 is 33.9 Å². The summed E-state index contributed by atoms with van der Waals surface area (Å²) in [5.74, 6) is 1.38. The molecule has 0 saturated carbocycles. The number of aliphatic hydroxyl groups is 2. The van der Waals surface area contributed by atoms with Gasteiger partial charge in [0.25, 0.3) is 0 Å². The Bertz CT molecular complexity index is 628. The molecule has 3 heterocycles. The zero-order chi connectivity index (χ0) is 25.3. The summed E-state index contributed by atoms with van der Waals surface area (Å²) < 4.78 is 32.0. The van der Waals surface area contributed by atoms with Crippen LogP contribution in [0.15, 0.2) is 0 Å². The summed E-state index contributed by atoms with van der Waals surface area (Å²) in [7, 11) is 0. The minimum absolute atomic E-state index is 0.0333. The van der Waals surface area contributed by atoms with Gasteiger partial charge in [-0.2, -0.15) is 0 Å². The second-order valence-corrected chi connectivity index (χ2v) is 11.2. The molecule has 3 aliphatic rings. The predicted octanol–water partition coefficient (Wildman–Crippen LogP) is 4.13. The average Bonchev–Trinajstić information content (AvgIpc) is 2.83. The van der Waals surface area contributed by atoms with E-state index in [4.69, 9.17) is 23.7 Å². The topological polar surface area (TPSA) is 86.6 Å². The monoisotopic (exact) mass is 486 g/mol. The molecule has 7 heteroatoms. The molecule has 2 N–H and O–H groups in total. The molecule has 34 heavy (non-hydrogen) atoms. The first-order chi connectivity index (χ1) is 16.0. The van der Waals surface area contributed by atoms with Crippen LogP contribution in [0, 0.1) is 29.6 Å². The molecule has 3 aliphatic heterocycles. The van der Waals surface area contributed by atoms with Crippen molar-refractivity contribution >= 4 is 0 Å². The standard InChI is InChI=1S/C27H50O7/c1-10-19-14(5)13(4)15(6)26(31-19)33-24-16(7)20(11-2)32-27(17(24)8)34-25-21(12-3)30-18(9)22(28)23(25)29/h13-29H,10-12H2,1-9H3. The molecular weight excluding hydrogens is 436 g/mol. The third-order valence-electron chi connectivity index (χ3n) is 9.06.